The molecule has 7 aromatic rings. The molecule has 0 bridgehead atoms. The average molecular weight is 553 g/mol. The molecule has 0 fully saturated rings. The van der Waals surface area contributed by atoms with Crippen molar-refractivity contribution in [2.75, 3.05) is 0 Å². The summed E-state index contributed by atoms with van der Waals surface area (Å²) in [6, 6.07) is 37.6. The number of rotatable bonds is 4. The Morgan fingerprint density at radius 1 is 0.488 bits per heavy atom. The molecular weight excluding hydrogens is 524 g/mol. The largest absolute Gasteiger partial charge is 0.256 e. The van der Waals surface area contributed by atoms with E-state index in [2.05, 4.69) is 61.5 Å². The maximum atomic E-state index is 4.97. The fourth-order valence-electron chi connectivity index (χ4n) is 6.23. The lowest BCUT2D eigenvalue weighted by Gasteiger charge is -2.14. The molecule has 1 aliphatic carbocycles. The molecule has 1 aliphatic rings. The van der Waals surface area contributed by atoms with E-state index < -0.39 is 0 Å². The predicted octanol–water partition coefficient (Wildman–Crippen LogP) is 7.90. The molecule has 0 radical (unpaired) electrons. The van der Waals surface area contributed by atoms with E-state index in [9.17, 15) is 0 Å². The quantitative estimate of drug-likeness (QED) is 0.208. The van der Waals surface area contributed by atoms with Crippen molar-refractivity contribution in [1.29, 1.82) is 0 Å². The molecule has 0 aliphatic heterocycles. The van der Waals surface area contributed by atoms with E-state index in [1.807, 2.05) is 72.9 Å². The van der Waals surface area contributed by atoms with Gasteiger partial charge in [0, 0.05) is 33.8 Å². The highest BCUT2D eigenvalue weighted by molar-refractivity contribution is 6.12. The Bertz CT molecular complexity index is 2230. The van der Waals surface area contributed by atoms with Gasteiger partial charge in [-0.1, -0.05) is 103 Å². The molecule has 4 heteroatoms. The molecule has 8 rings (SSSR count). The second-order valence-corrected chi connectivity index (χ2v) is 11.0. The zero-order valence-corrected chi connectivity index (χ0v) is 23.8. The van der Waals surface area contributed by atoms with E-state index in [1.54, 1.807) is 0 Å². The van der Waals surface area contributed by atoms with Gasteiger partial charge in [0.25, 0.3) is 0 Å². The van der Waals surface area contributed by atoms with Crippen molar-refractivity contribution in [2.24, 2.45) is 0 Å². The number of hydrogen-bond acceptors (Lipinski definition) is 4. The summed E-state index contributed by atoms with van der Waals surface area (Å²) in [6.07, 6.45) is 8.82. The van der Waals surface area contributed by atoms with Gasteiger partial charge in [0.2, 0.25) is 0 Å². The van der Waals surface area contributed by atoms with Crippen LogP contribution in [0, 0.1) is 6.92 Å². The van der Waals surface area contributed by atoms with Crippen molar-refractivity contribution in [1.82, 2.24) is 19.9 Å². The van der Waals surface area contributed by atoms with E-state index in [1.165, 1.54) is 32.2 Å². The van der Waals surface area contributed by atoms with Gasteiger partial charge in [0.1, 0.15) is 0 Å². The maximum Gasteiger partial charge on any atom is 0.164 e. The summed E-state index contributed by atoms with van der Waals surface area (Å²) in [4.78, 5) is 19.7. The summed E-state index contributed by atoms with van der Waals surface area (Å²) < 4.78 is 0. The highest BCUT2D eigenvalue weighted by atomic mass is 15.0. The lowest BCUT2D eigenvalue weighted by atomic mass is 9.91. The zero-order valence-electron chi connectivity index (χ0n) is 23.8. The van der Waals surface area contributed by atoms with Crippen molar-refractivity contribution < 1.29 is 0 Å². The summed E-state index contributed by atoms with van der Waals surface area (Å²) in [7, 11) is 0. The first kappa shape index (κ1) is 25.2. The third-order valence-electron chi connectivity index (χ3n) is 8.29. The first-order chi connectivity index (χ1) is 21.2. The van der Waals surface area contributed by atoms with Gasteiger partial charge in [0.15, 0.2) is 17.5 Å². The maximum absolute atomic E-state index is 4.97. The SMILES string of the molecule is Cc1cc2c(cc(-c3cccc(-c4nc(-c5ccccc5)nc(-c5ccccc5)n4)c3)c3ncccc32)c2c1=CCCC=2. The van der Waals surface area contributed by atoms with E-state index in [-0.39, 0.29) is 0 Å². The molecule has 0 saturated carbocycles. The Balaban J connectivity index is 1.35. The van der Waals surface area contributed by atoms with E-state index in [0.717, 1.165) is 46.2 Å². The molecule has 2 heterocycles. The molecule has 0 saturated heterocycles. The fourth-order valence-corrected chi connectivity index (χ4v) is 6.23. The van der Waals surface area contributed by atoms with Gasteiger partial charge >= 0.3 is 0 Å². The average Bonchev–Trinajstić information content (AvgIpc) is 3.09. The van der Waals surface area contributed by atoms with Crippen LogP contribution in [-0.2, 0) is 0 Å². The summed E-state index contributed by atoms with van der Waals surface area (Å²) in [5.41, 5.74) is 7.35. The first-order valence-electron chi connectivity index (χ1n) is 14.7. The van der Waals surface area contributed by atoms with Crippen LogP contribution in [-0.4, -0.2) is 19.9 Å². The lowest BCUT2D eigenvalue weighted by molar-refractivity contribution is 1.07. The molecule has 4 nitrogen and oxygen atoms in total. The van der Waals surface area contributed by atoms with Gasteiger partial charge < -0.3 is 0 Å². The Labute approximate surface area is 249 Å². The van der Waals surface area contributed by atoms with Crippen molar-refractivity contribution in [3.63, 3.8) is 0 Å². The standard InChI is InChI=1S/C39H28N4/c1-25-22-34-32-20-11-21-40-36(32)33(24-35(34)31-19-9-8-18-30(25)31)28-16-10-17-29(23-28)39-42-37(26-12-4-2-5-13-26)41-38(43-39)27-14-6-3-7-15-27/h2-7,10-24H,8-9H2,1H3. The monoisotopic (exact) mass is 552 g/mol. The van der Waals surface area contributed by atoms with E-state index in [0.29, 0.717) is 17.5 Å². The molecular formula is C39H28N4. The van der Waals surface area contributed by atoms with Crippen LogP contribution >= 0.6 is 0 Å². The Kier molecular flexibility index (Phi) is 6.11. The summed E-state index contributed by atoms with van der Waals surface area (Å²) >= 11 is 0. The molecule has 0 spiro atoms. The van der Waals surface area contributed by atoms with Crippen molar-refractivity contribution in [3.8, 4) is 45.3 Å². The molecule has 0 amide bonds. The molecule has 5 aromatic carbocycles. The third kappa shape index (κ3) is 4.48. The van der Waals surface area contributed by atoms with Crippen LogP contribution in [0.15, 0.2) is 115 Å². The third-order valence-corrected chi connectivity index (χ3v) is 8.29. The van der Waals surface area contributed by atoms with Crippen molar-refractivity contribution in [2.45, 2.75) is 19.8 Å². The van der Waals surface area contributed by atoms with Crippen LogP contribution in [0.4, 0.5) is 0 Å². The topological polar surface area (TPSA) is 51.6 Å². The zero-order chi connectivity index (χ0) is 28.8. The predicted molar refractivity (Wildman–Crippen MR) is 177 cm³/mol. The lowest BCUT2D eigenvalue weighted by Crippen LogP contribution is -2.30. The summed E-state index contributed by atoms with van der Waals surface area (Å²) in [5.74, 6) is 1.95. The fraction of sp³-hybridized carbons (Fsp3) is 0.0769. The number of pyridine rings is 1. The van der Waals surface area contributed by atoms with Crippen LogP contribution in [0.2, 0.25) is 0 Å². The second-order valence-electron chi connectivity index (χ2n) is 11.0. The van der Waals surface area contributed by atoms with Gasteiger partial charge in [-0.2, -0.15) is 0 Å². The number of benzene rings is 5. The molecule has 2 aromatic heterocycles. The van der Waals surface area contributed by atoms with E-state index >= 15 is 0 Å². The molecule has 0 N–H and O–H groups in total. The minimum absolute atomic E-state index is 0.642. The van der Waals surface area contributed by atoms with Gasteiger partial charge in [-0.05, 0) is 70.3 Å². The van der Waals surface area contributed by atoms with Crippen LogP contribution in [0.3, 0.4) is 0 Å². The number of hydrogen-bond donors (Lipinski definition) is 0. The minimum atomic E-state index is 0.642. The number of nitrogens with zero attached hydrogens (tertiary/aromatic N) is 4. The molecule has 43 heavy (non-hydrogen) atoms. The second kappa shape index (κ2) is 10.4. The van der Waals surface area contributed by atoms with Crippen molar-refractivity contribution in [3.05, 3.63) is 131 Å². The Hall–Kier alpha value is -5.48. The Morgan fingerprint density at radius 2 is 1.09 bits per heavy atom. The van der Waals surface area contributed by atoms with Gasteiger partial charge in [-0.3, -0.25) is 4.98 Å². The summed E-state index contributed by atoms with van der Waals surface area (Å²) in [6.45, 7) is 2.22. The number of aromatic nitrogens is 4. The first-order valence-corrected chi connectivity index (χ1v) is 14.7. The minimum Gasteiger partial charge on any atom is -0.256 e. The van der Waals surface area contributed by atoms with Crippen LogP contribution < -0.4 is 10.4 Å². The van der Waals surface area contributed by atoms with Crippen LogP contribution in [0.1, 0.15) is 18.4 Å². The van der Waals surface area contributed by atoms with Crippen LogP contribution in [0.5, 0.6) is 0 Å². The number of aryl methyl sites for hydroxylation is 1. The van der Waals surface area contributed by atoms with Gasteiger partial charge in [0.05, 0.1) is 5.52 Å². The van der Waals surface area contributed by atoms with E-state index in [4.69, 9.17) is 19.9 Å². The van der Waals surface area contributed by atoms with Crippen LogP contribution in [0.25, 0.3) is 79.1 Å². The van der Waals surface area contributed by atoms with Crippen molar-refractivity contribution >= 4 is 33.8 Å². The number of fused-ring (bicyclic) bond motifs is 5. The highest BCUT2D eigenvalue weighted by Crippen LogP contribution is 2.35. The Morgan fingerprint density at radius 3 is 1.79 bits per heavy atom. The summed E-state index contributed by atoms with van der Waals surface area (Å²) in [5, 5.41) is 6.39. The van der Waals surface area contributed by atoms with Gasteiger partial charge in [-0.15, -0.1) is 0 Å². The smallest absolute Gasteiger partial charge is 0.164 e. The molecule has 204 valence electrons. The highest BCUT2D eigenvalue weighted by Gasteiger charge is 2.16. The molecule has 0 atom stereocenters. The normalized spacial score (nSPS) is 12.5. The van der Waals surface area contributed by atoms with Gasteiger partial charge in [-0.25, -0.2) is 15.0 Å². The molecule has 0 unspecified atom stereocenters.